The maximum absolute atomic E-state index is 10.1. The molecule has 0 spiro atoms. The lowest BCUT2D eigenvalue weighted by Gasteiger charge is -2.46. The number of nitrogens with zero attached hydrogens (tertiary/aromatic N) is 2. The highest BCUT2D eigenvalue weighted by molar-refractivity contribution is 5.49. The fourth-order valence-corrected chi connectivity index (χ4v) is 4.31. The fourth-order valence-electron chi connectivity index (χ4n) is 4.31. The van der Waals surface area contributed by atoms with Gasteiger partial charge in [-0.3, -0.25) is 9.88 Å². The van der Waals surface area contributed by atoms with Crippen LogP contribution in [0.2, 0.25) is 0 Å². The molecule has 1 saturated heterocycles. The molecule has 0 saturated carbocycles. The number of benzene rings is 1. The zero-order valence-electron chi connectivity index (χ0n) is 14.8. The number of nitrogens with two attached hydrogens (primary N) is 1. The van der Waals surface area contributed by atoms with Gasteiger partial charge in [0, 0.05) is 43.0 Å². The number of phenolic OH excluding ortho intramolecular Hbond substituents is 1. The Balaban J connectivity index is 1.64. The molecule has 132 valence electrons. The minimum atomic E-state index is 0.0706. The van der Waals surface area contributed by atoms with Crippen molar-refractivity contribution in [3.05, 3.63) is 52.8 Å². The third kappa shape index (κ3) is 2.87. The molecule has 3 heterocycles. The summed E-state index contributed by atoms with van der Waals surface area (Å²) >= 11 is 0. The highest BCUT2D eigenvalue weighted by atomic mass is 16.5. The summed E-state index contributed by atoms with van der Waals surface area (Å²) < 4.78 is 5.31. The van der Waals surface area contributed by atoms with E-state index in [4.69, 9.17) is 10.5 Å². The number of pyridine rings is 1. The first kappa shape index (κ1) is 16.4. The number of aromatic nitrogens is 1. The van der Waals surface area contributed by atoms with Crippen molar-refractivity contribution in [2.24, 2.45) is 5.73 Å². The smallest absolute Gasteiger partial charge is 0.160 e. The Morgan fingerprint density at radius 3 is 2.92 bits per heavy atom. The van der Waals surface area contributed by atoms with E-state index in [2.05, 4.69) is 22.9 Å². The highest BCUT2D eigenvalue weighted by Crippen LogP contribution is 2.43. The van der Waals surface area contributed by atoms with Gasteiger partial charge >= 0.3 is 0 Å². The predicted octanol–water partition coefficient (Wildman–Crippen LogP) is 2.52. The quantitative estimate of drug-likeness (QED) is 0.880. The summed E-state index contributed by atoms with van der Waals surface area (Å²) in [6.07, 6.45) is 3.70. The molecule has 3 N–H and O–H groups in total. The lowest BCUT2D eigenvalue weighted by atomic mass is 9.79. The molecule has 0 aliphatic carbocycles. The van der Waals surface area contributed by atoms with Crippen molar-refractivity contribution in [2.75, 3.05) is 20.2 Å². The van der Waals surface area contributed by atoms with E-state index in [1.807, 2.05) is 24.4 Å². The van der Waals surface area contributed by atoms with E-state index in [1.165, 1.54) is 16.7 Å². The van der Waals surface area contributed by atoms with Crippen LogP contribution in [-0.4, -0.2) is 41.2 Å². The average Bonchev–Trinajstić information content (AvgIpc) is 2.60. The molecule has 0 unspecified atom stereocenters. The Hall–Kier alpha value is -2.11. The Labute approximate surface area is 148 Å². The molecule has 1 aromatic heterocycles. The van der Waals surface area contributed by atoms with Crippen molar-refractivity contribution in [2.45, 2.75) is 37.8 Å². The summed E-state index contributed by atoms with van der Waals surface area (Å²) in [6.45, 7) is 4.00. The van der Waals surface area contributed by atoms with Crippen molar-refractivity contribution in [3.8, 4) is 11.5 Å². The Morgan fingerprint density at radius 2 is 2.16 bits per heavy atom. The zero-order valence-corrected chi connectivity index (χ0v) is 14.8. The van der Waals surface area contributed by atoms with Crippen LogP contribution in [0.15, 0.2) is 30.5 Å². The summed E-state index contributed by atoms with van der Waals surface area (Å²) in [5.74, 6) is 1.02. The van der Waals surface area contributed by atoms with Gasteiger partial charge in [-0.15, -0.1) is 0 Å². The number of ether oxygens (including phenoxy) is 1. The van der Waals surface area contributed by atoms with Crippen LogP contribution in [0.1, 0.15) is 40.8 Å². The standard InChI is InChI=1S/C20H25N3O2/c1-12-3-5-22-17(7-12)15-11-23-6-4-13-8-19(24)20(25-2)9-14(13)18(23)10-16(15)21/h3,5,7-9,15-16,18,24H,4,6,10-11,21H2,1-2H3/t15-,16+,18-/m1/s1. The van der Waals surface area contributed by atoms with E-state index in [-0.39, 0.29) is 23.8 Å². The molecule has 25 heavy (non-hydrogen) atoms. The number of phenols is 1. The molecule has 5 nitrogen and oxygen atoms in total. The van der Waals surface area contributed by atoms with E-state index in [9.17, 15) is 5.11 Å². The van der Waals surface area contributed by atoms with Gasteiger partial charge in [-0.1, -0.05) is 0 Å². The van der Waals surface area contributed by atoms with Crippen LogP contribution in [0.4, 0.5) is 0 Å². The van der Waals surface area contributed by atoms with Gasteiger partial charge in [-0.2, -0.15) is 0 Å². The number of rotatable bonds is 2. The van der Waals surface area contributed by atoms with Gasteiger partial charge in [0.25, 0.3) is 0 Å². The first-order valence-electron chi connectivity index (χ1n) is 8.88. The van der Waals surface area contributed by atoms with Crippen LogP contribution >= 0.6 is 0 Å². The van der Waals surface area contributed by atoms with Crippen molar-refractivity contribution >= 4 is 0 Å². The molecule has 2 aliphatic rings. The largest absolute Gasteiger partial charge is 0.504 e. The molecule has 2 aliphatic heterocycles. The van der Waals surface area contributed by atoms with Gasteiger partial charge in [-0.25, -0.2) is 0 Å². The number of aryl methyl sites for hydroxylation is 1. The lowest BCUT2D eigenvalue weighted by Crippen LogP contribution is -2.50. The van der Waals surface area contributed by atoms with Crippen molar-refractivity contribution in [1.82, 2.24) is 9.88 Å². The topological polar surface area (TPSA) is 71.6 Å². The predicted molar refractivity (Wildman–Crippen MR) is 97.0 cm³/mol. The molecule has 5 heteroatoms. The highest BCUT2D eigenvalue weighted by Gasteiger charge is 2.39. The van der Waals surface area contributed by atoms with Crippen molar-refractivity contribution in [3.63, 3.8) is 0 Å². The Morgan fingerprint density at radius 1 is 1.32 bits per heavy atom. The van der Waals surface area contributed by atoms with Crippen LogP contribution in [-0.2, 0) is 6.42 Å². The second-order valence-electron chi connectivity index (χ2n) is 7.25. The Bertz CT molecular complexity index is 793. The third-order valence-corrected chi connectivity index (χ3v) is 5.67. The van der Waals surface area contributed by atoms with E-state index < -0.39 is 0 Å². The summed E-state index contributed by atoms with van der Waals surface area (Å²) in [5, 5.41) is 10.1. The molecule has 3 atom stereocenters. The number of hydrogen-bond acceptors (Lipinski definition) is 5. The molecule has 0 amide bonds. The number of piperidine rings is 1. The van der Waals surface area contributed by atoms with Gasteiger partial charge in [0.05, 0.1) is 7.11 Å². The maximum atomic E-state index is 10.1. The molecule has 2 aromatic rings. The van der Waals surface area contributed by atoms with Crippen molar-refractivity contribution in [1.29, 1.82) is 0 Å². The van der Waals surface area contributed by atoms with Gasteiger partial charge in [0.1, 0.15) is 0 Å². The summed E-state index contributed by atoms with van der Waals surface area (Å²) in [7, 11) is 1.59. The molecule has 0 bridgehead atoms. The van der Waals surface area contributed by atoms with Crippen LogP contribution in [0.25, 0.3) is 0 Å². The van der Waals surface area contributed by atoms with E-state index in [0.717, 1.165) is 31.6 Å². The normalized spacial score (nSPS) is 26.0. The van der Waals surface area contributed by atoms with Crippen LogP contribution in [0.5, 0.6) is 11.5 Å². The van der Waals surface area contributed by atoms with E-state index in [1.54, 1.807) is 7.11 Å². The van der Waals surface area contributed by atoms with Gasteiger partial charge < -0.3 is 15.6 Å². The van der Waals surface area contributed by atoms with Crippen LogP contribution in [0.3, 0.4) is 0 Å². The number of fused-ring (bicyclic) bond motifs is 3. The molecular formula is C20H25N3O2. The third-order valence-electron chi connectivity index (χ3n) is 5.67. The lowest BCUT2D eigenvalue weighted by molar-refractivity contribution is 0.108. The van der Waals surface area contributed by atoms with Gasteiger partial charge in [0.2, 0.25) is 0 Å². The van der Waals surface area contributed by atoms with Crippen LogP contribution < -0.4 is 10.5 Å². The van der Waals surface area contributed by atoms with Crippen molar-refractivity contribution < 1.29 is 9.84 Å². The minimum Gasteiger partial charge on any atom is -0.504 e. The molecule has 4 rings (SSSR count). The second kappa shape index (κ2) is 6.32. The number of methoxy groups -OCH3 is 1. The second-order valence-corrected chi connectivity index (χ2v) is 7.25. The first-order chi connectivity index (χ1) is 12.1. The summed E-state index contributed by atoms with van der Waals surface area (Å²) in [6, 6.07) is 8.38. The zero-order chi connectivity index (χ0) is 17.6. The van der Waals surface area contributed by atoms with Crippen LogP contribution in [0, 0.1) is 6.92 Å². The first-order valence-corrected chi connectivity index (χ1v) is 8.88. The number of hydrogen-bond donors (Lipinski definition) is 2. The summed E-state index contributed by atoms with van der Waals surface area (Å²) in [5.41, 5.74) is 11.4. The monoisotopic (exact) mass is 339 g/mol. The van der Waals surface area contributed by atoms with Gasteiger partial charge in [-0.05, 0) is 60.7 Å². The minimum absolute atomic E-state index is 0.0706. The SMILES string of the molecule is COc1cc2c(cc1O)CCN1C[C@@H](c3cc(C)ccn3)[C@@H](N)C[C@H]21. The van der Waals surface area contributed by atoms with E-state index in [0.29, 0.717) is 5.75 Å². The fraction of sp³-hybridized carbons (Fsp3) is 0.450. The maximum Gasteiger partial charge on any atom is 0.160 e. The molecule has 1 aromatic carbocycles. The number of aromatic hydroxyl groups is 1. The molecular weight excluding hydrogens is 314 g/mol. The Kier molecular flexibility index (Phi) is 4.13. The van der Waals surface area contributed by atoms with E-state index >= 15 is 0 Å². The molecule has 1 fully saturated rings. The molecule has 0 radical (unpaired) electrons. The summed E-state index contributed by atoms with van der Waals surface area (Å²) in [4.78, 5) is 7.09. The average molecular weight is 339 g/mol. The van der Waals surface area contributed by atoms with Gasteiger partial charge in [0.15, 0.2) is 11.5 Å².